The molecular weight excluding hydrogens is 679 g/mol. The fourth-order valence-corrected chi connectivity index (χ4v) is 6.79. The number of ether oxygens (including phenoxy) is 2. The Bertz CT molecular complexity index is 1640. The van der Waals surface area contributed by atoms with Crippen molar-refractivity contribution in [1.82, 2.24) is 0 Å². The molecule has 0 N–H and O–H groups in total. The Morgan fingerprint density at radius 2 is 0.976 bits per heavy atom. The molecule has 2 nitrogen and oxygen atoms in total. The first-order valence-corrected chi connectivity index (χ1v) is 13.9. The Morgan fingerprint density at radius 3 is 1.36 bits per heavy atom. The van der Waals surface area contributed by atoms with Crippen LogP contribution in [0.15, 0.2) is 109 Å². The third-order valence-corrected chi connectivity index (χ3v) is 8.87. The summed E-state index contributed by atoms with van der Waals surface area (Å²) in [5.41, 5.74) is 7.97. The first kappa shape index (κ1) is 31.5. The fourth-order valence-electron chi connectivity index (χ4n) is 6.79. The minimum absolute atomic E-state index is 0. The van der Waals surface area contributed by atoms with E-state index in [0.29, 0.717) is 0 Å². The molecule has 6 aromatic carbocycles. The van der Waals surface area contributed by atoms with Gasteiger partial charge in [0.15, 0.2) is 0 Å². The first-order valence-electron chi connectivity index (χ1n) is 13.9. The van der Waals surface area contributed by atoms with Crippen LogP contribution in [0, 0.1) is 14.9 Å². The maximum absolute atomic E-state index is 5.39. The van der Waals surface area contributed by atoms with Gasteiger partial charge in [-0.05, 0) is 53.6 Å². The first-order chi connectivity index (χ1) is 19.2. The van der Waals surface area contributed by atoms with Crippen molar-refractivity contribution in [1.29, 1.82) is 0 Å². The molecule has 1 fully saturated rings. The largest absolute Gasteiger partial charge is 4.00 e. The summed E-state index contributed by atoms with van der Waals surface area (Å²) in [4.78, 5) is 0. The van der Waals surface area contributed by atoms with E-state index >= 15 is 0 Å². The topological polar surface area (TPSA) is 18.5 Å². The Morgan fingerprint density at radius 1 is 0.571 bits per heavy atom. The van der Waals surface area contributed by atoms with Crippen molar-refractivity contribution in [3.8, 4) is 33.8 Å². The van der Waals surface area contributed by atoms with Crippen LogP contribution in [0.2, 0.25) is 0 Å². The van der Waals surface area contributed by atoms with Gasteiger partial charge in [-0.25, -0.2) is 0 Å². The molecule has 3 heteroatoms. The monoisotopic (exact) mass is 718 g/mol. The molecule has 210 valence electrons. The van der Waals surface area contributed by atoms with Gasteiger partial charge in [0.1, 0.15) is 11.5 Å². The third kappa shape index (κ3) is 5.28. The van der Waals surface area contributed by atoms with Gasteiger partial charge in [-0.15, -0.1) is 69.1 Å². The van der Waals surface area contributed by atoms with Crippen molar-refractivity contribution in [2.75, 3.05) is 14.2 Å². The van der Waals surface area contributed by atoms with Crippen molar-refractivity contribution < 1.29 is 35.3 Å². The maximum atomic E-state index is 5.39. The van der Waals surface area contributed by atoms with E-state index in [0.717, 1.165) is 11.5 Å². The predicted octanol–water partition coefficient (Wildman–Crippen LogP) is 10.5. The molecule has 0 atom stereocenters. The molecule has 0 spiro atoms. The number of hydrogen-bond acceptors (Lipinski definition) is 2. The molecule has 42 heavy (non-hydrogen) atoms. The van der Waals surface area contributed by atoms with Gasteiger partial charge in [0, 0.05) is 0 Å². The molecule has 6 aromatic rings. The molecular formula is C39H38HfO2. The van der Waals surface area contributed by atoms with Gasteiger partial charge in [-0.1, -0.05) is 60.4 Å². The summed E-state index contributed by atoms with van der Waals surface area (Å²) in [7, 11) is 3.43. The summed E-state index contributed by atoms with van der Waals surface area (Å²) in [6, 6.07) is 40.1. The Hall–Kier alpha value is -3.43. The van der Waals surface area contributed by atoms with Crippen LogP contribution in [-0.4, -0.2) is 14.2 Å². The fraction of sp³-hybridized carbons (Fsp3) is 0.179. The molecule has 0 radical (unpaired) electrons. The molecule has 1 aliphatic rings. The predicted molar refractivity (Wildman–Crippen MR) is 175 cm³/mol. The van der Waals surface area contributed by atoms with Gasteiger partial charge in [-0.3, -0.25) is 0 Å². The van der Waals surface area contributed by atoms with E-state index in [1.807, 2.05) is 24.3 Å². The van der Waals surface area contributed by atoms with Gasteiger partial charge in [0.25, 0.3) is 0 Å². The van der Waals surface area contributed by atoms with Crippen molar-refractivity contribution in [3.05, 3.63) is 135 Å². The van der Waals surface area contributed by atoms with Gasteiger partial charge in [0.2, 0.25) is 0 Å². The summed E-state index contributed by atoms with van der Waals surface area (Å²) in [6.45, 7) is 0. The Balaban J connectivity index is 0.00000135. The van der Waals surface area contributed by atoms with Crippen LogP contribution in [0.4, 0.5) is 0 Å². The zero-order chi connectivity index (χ0) is 26.4. The number of rotatable bonds is 6. The zero-order valence-corrected chi connectivity index (χ0v) is 28.6. The molecule has 0 heterocycles. The average Bonchev–Trinajstić information content (AvgIpc) is 3.75. The summed E-state index contributed by atoms with van der Waals surface area (Å²) >= 11 is 0. The normalized spacial score (nSPS) is 13.7. The van der Waals surface area contributed by atoms with Gasteiger partial charge < -0.3 is 24.3 Å². The average molecular weight is 717 g/mol. The van der Waals surface area contributed by atoms with E-state index in [-0.39, 0.29) is 46.1 Å². The quantitative estimate of drug-likeness (QED) is 0.126. The second-order valence-electron chi connectivity index (χ2n) is 10.9. The third-order valence-electron chi connectivity index (χ3n) is 8.87. The molecule has 1 saturated carbocycles. The molecule has 1 aliphatic carbocycles. The summed E-state index contributed by atoms with van der Waals surface area (Å²) in [5.74, 6) is 1.77. The molecule has 0 saturated heterocycles. The molecule has 0 aliphatic heterocycles. The van der Waals surface area contributed by atoms with E-state index in [4.69, 9.17) is 9.47 Å². The smallest absolute Gasteiger partial charge is 0.497 e. The molecule has 0 amide bonds. The van der Waals surface area contributed by atoms with E-state index in [1.54, 1.807) is 14.2 Å². The summed E-state index contributed by atoms with van der Waals surface area (Å²) < 4.78 is 10.8. The SMILES string of the molecule is COc1ccc(-c2cccc3[cH-]c(C4(c5cc6c(-c7ccc(OC)cc7)cccc6[cH-]5)CCCC4)cc23)cc1.[CH3-].[CH3-].[Hf+4]. The van der Waals surface area contributed by atoms with Crippen LogP contribution in [0.25, 0.3) is 43.8 Å². The van der Waals surface area contributed by atoms with Crippen molar-refractivity contribution in [2.24, 2.45) is 0 Å². The van der Waals surface area contributed by atoms with E-state index < -0.39 is 0 Å². The van der Waals surface area contributed by atoms with Crippen LogP contribution in [0.5, 0.6) is 11.5 Å². The van der Waals surface area contributed by atoms with Crippen LogP contribution >= 0.6 is 0 Å². The standard InChI is InChI=1S/C37H32O2.2CH3.Hf/c1-38-31-15-11-25(12-16-31)33-9-5-7-27-21-29(23-35(27)33)37(19-3-4-20-37)30-22-28-8-6-10-34(36(28)24-30)26-13-17-32(39-2)18-14-26;;;/h5-18,21-24H,3-4,19-20H2,1-2H3;2*1H3;/q-2;2*-1;+4. The van der Waals surface area contributed by atoms with E-state index in [9.17, 15) is 0 Å². The number of methoxy groups -OCH3 is 2. The number of hydrogen-bond donors (Lipinski definition) is 0. The second-order valence-corrected chi connectivity index (χ2v) is 10.9. The second kappa shape index (κ2) is 12.8. The maximum Gasteiger partial charge on any atom is 4.00 e. The number of fused-ring (bicyclic) bond motifs is 2. The zero-order valence-electron chi connectivity index (χ0n) is 25.0. The van der Waals surface area contributed by atoms with Crippen LogP contribution in [-0.2, 0) is 31.3 Å². The Kier molecular flexibility index (Phi) is 9.63. The van der Waals surface area contributed by atoms with Gasteiger partial charge in [-0.2, -0.15) is 12.1 Å². The number of benzene rings is 4. The molecule has 0 aromatic heterocycles. The van der Waals surface area contributed by atoms with Gasteiger partial charge >= 0.3 is 25.8 Å². The van der Waals surface area contributed by atoms with Crippen LogP contribution in [0.3, 0.4) is 0 Å². The summed E-state index contributed by atoms with van der Waals surface area (Å²) in [6.07, 6.45) is 4.91. The molecule has 0 bridgehead atoms. The minimum Gasteiger partial charge on any atom is -0.497 e. The summed E-state index contributed by atoms with van der Waals surface area (Å²) in [5, 5.41) is 5.30. The van der Waals surface area contributed by atoms with Crippen molar-refractivity contribution in [3.63, 3.8) is 0 Å². The van der Waals surface area contributed by atoms with Gasteiger partial charge in [0.05, 0.1) is 14.2 Å². The Labute approximate surface area is 269 Å². The van der Waals surface area contributed by atoms with Crippen LogP contribution in [0.1, 0.15) is 36.8 Å². The van der Waals surface area contributed by atoms with Crippen molar-refractivity contribution in [2.45, 2.75) is 31.1 Å². The molecule has 0 unspecified atom stereocenters. The van der Waals surface area contributed by atoms with Crippen molar-refractivity contribution >= 4 is 21.5 Å². The van der Waals surface area contributed by atoms with Crippen LogP contribution < -0.4 is 9.47 Å². The minimum atomic E-state index is 0. The van der Waals surface area contributed by atoms with E-state index in [2.05, 4.69) is 84.9 Å². The molecule has 7 rings (SSSR count). The van der Waals surface area contributed by atoms with E-state index in [1.165, 1.54) is 80.6 Å².